The van der Waals surface area contributed by atoms with E-state index in [-0.39, 0.29) is 12.5 Å². The standard InChI is InChI=1S/C20H26FN5O2/c1-20(2,28)18(21)13-25-12-14-10-17(26-7-3-4-23-26)16(11-15(14)19(25)27)24-8-5-22-6-9-24/h3-4,7,10-11,18,22,28H,5-6,8-9,12-13H2,1-2H3/t18-/m1/s1. The maximum absolute atomic E-state index is 14.4. The molecule has 1 saturated heterocycles. The predicted molar refractivity (Wildman–Crippen MR) is 105 cm³/mol. The van der Waals surface area contributed by atoms with E-state index < -0.39 is 11.8 Å². The molecule has 0 bridgehead atoms. The Morgan fingerprint density at radius 1 is 1.29 bits per heavy atom. The number of alkyl halides is 1. The van der Waals surface area contributed by atoms with Gasteiger partial charge in [0.05, 0.1) is 23.5 Å². The van der Waals surface area contributed by atoms with Crippen molar-refractivity contribution < 1.29 is 14.3 Å². The van der Waals surface area contributed by atoms with Gasteiger partial charge in [-0.15, -0.1) is 0 Å². The second kappa shape index (κ2) is 7.18. The van der Waals surface area contributed by atoms with Crippen molar-refractivity contribution in [3.8, 4) is 5.69 Å². The minimum Gasteiger partial charge on any atom is -0.387 e. The van der Waals surface area contributed by atoms with E-state index in [1.165, 1.54) is 18.7 Å². The number of nitrogens with one attached hydrogen (secondary N) is 1. The van der Waals surface area contributed by atoms with Crippen molar-refractivity contribution in [2.75, 3.05) is 37.6 Å². The first-order valence-corrected chi connectivity index (χ1v) is 9.63. The highest BCUT2D eigenvalue weighted by Crippen LogP contribution is 2.34. The van der Waals surface area contributed by atoms with Crippen molar-refractivity contribution in [3.05, 3.63) is 41.7 Å². The van der Waals surface area contributed by atoms with E-state index in [4.69, 9.17) is 0 Å². The number of carbonyl (C=O) groups is 1. The Morgan fingerprint density at radius 2 is 2.04 bits per heavy atom. The van der Waals surface area contributed by atoms with Crippen LogP contribution in [0.4, 0.5) is 10.1 Å². The SMILES string of the molecule is CC(C)(O)[C@H](F)CN1Cc2cc(-n3cccn3)c(N3CCNCC3)cc2C1=O. The van der Waals surface area contributed by atoms with Crippen LogP contribution in [0.25, 0.3) is 5.69 Å². The zero-order valence-electron chi connectivity index (χ0n) is 16.2. The molecule has 1 fully saturated rings. The molecule has 2 N–H and O–H groups in total. The lowest BCUT2D eigenvalue weighted by molar-refractivity contribution is -0.0159. The van der Waals surface area contributed by atoms with Crippen LogP contribution in [0.15, 0.2) is 30.6 Å². The van der Waals surface area contributed by atoms with Gasteiger partial charge in [0.25, 0.3) is 5.91 Å². The van der Waals surface area contributed by atoms with E-state index in [0.717, 1.165) is 43.1 Å². The number of piperazine rings is 1. The lowest BCUT2D eigenvalue weighted by Gasteiger charge is -2.31. The number of amides is 1. The minimum atomic E-state index is -1.51. The number of hydrogen-bond donors (Lipinski definition) is 2. The molecule has 8 heteroatoms. The molecule has 4 rings (SSSR count). The largest absolute Gasteiger partial charge is 0.387 e. The van der Waals surface area contributed by atoms with Crippen LogP contribution in [0.2, 0.25) is 0 Å². The van der Waals surface area contributed by atoms with Crippen molar-refractivity contribution in [2.45, 2.75) is 32.2 Å². The Kier molecular flexibility index (Phi) is 4.84. The molecular weight excluding hydrogens is 361 g/mol. The Hall–Kier alpha value is -2.45. The highest BCUT2D eigenvalue weighted by molar-refractivity contribution is 6.00. The summed E-state index contributed by atoms with van der Waals surface area (Å²) in [7, 11) is 0. The Morgan fingerprint density at radius 3 is 2.68 bits per heavy atom. The van der Waals surface area contributed by atoms with Gasteiger partial charge in [-0.3, -0.25) is 4.79 Å². The molecule has 28 heavy (non-hydrogen) atoms. The topological polar surface area (TPSA) is 73.6 Å². The average molecular weight is 387 g/mol. The summed E-state index contributed by atoms with van der Waals surface area (Å²) in [5, 5.41) is 17.6. The zero-order chi connectivity index (χ0) is 19.9. The van der Waals surface area contributed by atoms with Crippen LogP contribution in [0.1, 0.15) is 29.8 Å². The summed E-state index contributed by atoms with van der Waals surface area (Å²) in [5.74, 6) is -0.190. The fourth-order valence-electron chi connectivity index (χ4n) is 3.72. The molecule has 7 nitrogen and oxygen atoms in total. The molecule has 1 aromatic carbocycles. The molecule has 0 spiro atoms. The van der Waals surface area contributed by atoms with Gasteiger partial charge in [0.2, 0.25) is 0 Å². The van der Waals surface area contributed by atoms with Gasteiger partial charge in [0.15, 0.2) is 0 Å². The zero-order valence-corrected chi connectivity index (χ0v) is 16.2. The number of rotatable bonds is 5. The van der Waals surface area contributed by atoms with Crippen molar-refractivity contribution in [1.29, 1.82) is 0 Å². The molecule has 0 aliphatic carbocycles. The van der Waals surface area contributed by atoms with E-state index in [1.54, 1.807) is 10.9 Å². The van der Waals surface area contributed by atoms with Crippen LogP contribution in [-0.2, 0) is 6.54 Å². The van der Waals surface area contributed by atoms with Crippen LogP contribution in [0, 0.1) is 0 Å². The van der Waals surface area contributed by atoms with Gasteiger partial charge in [-0.25, -0.2) is 9.07 Å². The van der Waals surface area contributed by atoms with E-state index in [2.05, 4.69) is 15.3 Å². The van der Waals surface area contributed by atoms with Crippen LogP contribution in [0.3, 0.4) is 0 Å². The monoisotopic (exact) mass is 387 g/mol. The first kappa shape index (κ1) is 18.9. The lowest BCUT2D eigenvalue weighted by atomic mass is 10.0. The molecule has 3 heterocycles. The second-order valence-corrected chi connectivity index (χ2v) is 7.99. The molecule has 2 aromatic rings. The maximum atomic E-state index is 14.4. The fourth-order valence-corrected chi connectivity index (χ4v) is 3.72. The van der Waals surface area contributed by atoms with Gasteiger partial charge in [-0.05, 0) is 37.6 Å². The summed E-state index contributed by atoms with van der Waals surface area (Å²) >= 11 is 0. The summed E-state index contributed by atoms with van der Waals surface area (Å²) in [6.45, 7) is 6.49. The van der Waals surface area contributed by atoms with Crippen molar-refractivity contribution in [1.82, 2.24) is 20.0 Å². The van der Waals surface area contributed by atoms with E-state index >= 15 is 0 Å². The Labute approximate surface area is 163 Å². The number of nitrogens with zero attached hydrogens (tertiary/aromatic N) is 4. The molecule has 2 aliphatic heterocycles. The number of hydrogen-bond acceptors (Lipinski definition) is 5. The third-order valence-corrected chi connectivity index (χ3v) is 5.44. The number of aliphatic hydroxyl groups is 1. The molecule has 1 atom stereocenters. The number of fused-ring (bicyclic) bond motifs is 1. The van der Waals surface area contributed by atoms with Gasteiger partial charge in [0, 0.05) is 50.7 Å². The lowest BCUT2D eigenvalue weighted by Crippen LogP contribution is -2.44. The minimum absolute atomic E-state index is 0.128. The molecule has 2 aliphatic rings. The highest BCUT2D eigenvalue weighted by atomic mass is 19.1. The van der Waals surface area contributed by atoms with Gasteiger partial charge in [-0.1, -0.05) is 0 Å². The molecule has 0 radical (unpaired) electrons. The number of aromatic nitrogens is 2. The smallest absolute Gasteiger partial charge is 0.254 e. The van der Waals surface area contributed by atoms with Crippen LogP contribution in [0.5, 0.6) is 0 Å². The van der Waals surface area contributed by atoms with Gasteiger partial charge >= 0.3 is 0 Å². The van der Waals surface area contributed by atoms with Gasteiger partial charge in [0.1, 0.15) is 6.17 Å². The third kappa shape index (κ3) is 3.49. The number of halogens is 1. The molecule has 1 aromatic heterocycles. The normalized spacial score (nSPS) is 18.5. The summed E-state index contributed by atoms with van der Waals surface area (Å²) in [6.07, 6.45) is 2.10. The first-order valence-electron chi connectivity index (χ1n) is 9.63. The average Bonchev–Trinajstić information content (AvgIpc) is 3.30. The van der Waals surface area contributed by atoms with Crippen molar-refractivity contribution >= 4 is 11.6 Å². The Balaban J connectivity index is 1.69. The summed E-state index contributed by atoms with van der Waals surface area (Å²) in [4.78, 5) is 16.6. The molecule has 0 saturated carbocycles. The maximum Gasteiger partial charge on any atom is 0.254 e. The third-order valence-electron chi connectivity index (χ3n) is 5.44. The fraction of sp³-hybridized carbons (Fsp3) is 0.500. The molecular formula is C20H26FN5O2. The predicted octanol–water partition coefficient (Wildman–Crippen LogP) is 1.35. The second-order valence-electron chi connectivity index (χ2n) is 7.99. The summed E-state index contributed by atoms with van der Waals surface area (Å²) < 4.78 is 16.2. The number of benzene rings is 1. The number of anilines is 1. The van der Waals surface area contributed by atoms with Crippen LogP contribution >= 0.6 is 0 Å². The van der Waals surface area contributed by atoms with E-state index in [9.17, 15) is 14.3 Å². The van der Waals surface area contributed by atoms with E-state index in [1.807, 2.05) is 24.4 Å². The van der Waals surface area contributed by atoms with Gasteiger partial charge < -0.3 is 20.2 Å². The van der Waals surface area contributed by atoms with Gasteiger partial charge in [-0.2, -0.15) is 5.10 Å². The Bertz CT molecular complexity index is 856. The van der Waals surface area contributed by atoms with E-state index in [0.29, 0.717) is 12.1 Å². The van der Waals surface area contributed by atoms with Crippen molar-refractivity contribution in [3.63, 3.8) is 0 Å². The highest BCUT2D eigenvalue weighted by Gasteiger charge is 2.35. The van der Waals surface area contributed by atoms with Crippen LogP contribution < -0.4 is 10.2 Å². The quantitative estimate of drug-likeness (QED) is 0.810. The first-order chi connectivity index (χ1) is 13.3. The molecule has 150 valence electrons. The molecule has 1 amide bonds. The number of carbonyl (C=O) groups excluding carboxylic acids is 1. The van der Waals surface area contributed by atoms with Crippen molar-refractivity contribution in [2.24, 2.45) is 0 Å². The molecule has 0 unspecified atom stereocenters. The summed E-state index contributed by atoms with van der Waals surface area (Å²) in [5.41, 5.74) is 1.85. The van der Waals surface area contributed by atoms with Crippen LogP contribution in [-0.4, -0.2) is 70.2 Å². The summed E-state index contributed by atoms with van der Waals surface area (Å²) in [6, 6.07) is 5.76.